The molecule has 122 valence electrons. The maximum absolute atomic E-state index is 12.5. The molecule has 2 aromatic heterocycles. The van der Waals surface area contributed by atoms with Crippen LogP contribution in [0.25, 0.3) is 11.4 Å². The van der Waals surface area contributed by atoms with Crippen molar-refractivity contribution in [3.8, 4) is 11.4 Å². The van der Waals surface area contributed by atoms with Gasteiger partial charge in [0.25, 0.3) is 10.0 Å². The fourth-order valence-electron chi connectivity index (χ4n) is 2.16. The monoisotopic (exact) mass is 340 g/mol. The zero-order valence-corrected chi connectivity index (χ0v) is 14.1. The van der Waals surface area contributed by atoms with Crippen LogP contribution in [0, 0.1) is 13.8 Å². The molecule has 0 bridgehead atoms. The second-order valence-electron chi connectivity index (χ2n) is 5.35. The predicted molar refractivity (Wildman–Crippen MR) is 92.0 cm³/mol. The molecule has 0 saturated heterocycles. The van der Waals surface area contributed by atoms with Crippen LogP contribution in [0.5, 0.6) is 0 Å². The lowest BCUT2D eigenvalue weighted by atomic mass is 10.2. The van der Waals surface area contributed by atoms with E-state index in [0.29, 0.717) is 17.1 Å². The van der Waals surface area contributed by atoms with Gasteiger partial charge in [-0.1, -0.05) is 23.8 Å². The minimum atomic E-state index is -3.74. The van der Waals surface area contributed by atoms with Gasteiger partial charge in [0.05, 0.1) is 16.3 Å². The molecule has 0 aliphatic heterocycles. The lowest BCUT2D eigenvalue weighted by Crippen LogP contribution is -2.15. The summed E-state index contributed by atoms with van der Waals surface area (Å²) in [5, 5.41) is 0. The van der Waals surface area contributed by atoms with Crippen LogP contribution < -0.4 is 4.72 Å². The van der Waals surface area contributed by atoms with Gasteiger partial charge in [0.2, 0.25) is 5.95 Å². The Morgan fingerprint density at radius 3 is 2.33 bits per heavy atom. The van der Waals surface area contributed by atoms with E-state index in [-0.39, 0.29) is 10.8 Å². The van der Waals surface area contributed by atoms with Crippen molar-refractivity contribution in [2.75, 3.05) is 4.72 Å². The van der Waals surface area contributed by atoms with E-state index in [1.165, 1.54) is 0 Å². The van der Waals surface area contributed by atoms with E-state index in [2.05, 4.69) is 19.7 Å². The summed E-state index contributed by atoms with van der Waals surface area (Å²) in [6.45, 7) is 3.67. The number of pyridine rings is 1. The van der Waals surface area contributed by atoms with Crippen LogP contribution in [0.15, 0.2) is 59.6 Å². The van der Waals surface area contributed by atoms with E-state index in [9.17, 15) is 8.42 Å². The molecule has 3 aromatic rings. The lowest BCUT2D eigenvalue weighted by molar-refractivity contribution is 0.601. The highest BCUT2D eigenvalue weighted by atomic mass is 32.2. The first-order valence-electron chi connectivity index (χ1n) is 7.31. The summed E-state index contributed by atoms with van der Waals surface area (Å²) in [6, 6.07) is 13.8. The Morgan fingerprint density at radius 2 is 1.67 bits per heavy atom. The Bertz CT molecular complexity index is 956. The molecular weight excluding hydrogens is 324 g/mol. The quantitative estimate of drug-likeness (QED) is 0.789. The number of hydrogen-bond donors (Lipinski definition) is 1. The molecule has 6 nitrogen and oxygen atoms in total. The molecule has 1 aromatic carbocycles. The molecule has 2 heterocycles. The molecule has 3 rings (SSSR count). The van der Waals surface area contributed by atoms with Crippen molar-refractivity contribution in [3.63, 3.8) is 0 Å². The summed E-state index contributed by atoms with van der Waals surface area (Å²) < 4.78 is 27.4. The van der Waals surface area contributed by atoms with Gasteiger partial charge in [-0.2, -0.15) is 0 Å². The highest BCUT2D eigenvalue weighted by molar-refractivity contribution is 7.92. The molecular formula is C17H16N4O2S. The maximum Gasteiger partial charge on any atom is 0.264 e. The van der Waals surface area contributed by atoms with E-state index in [4.69, 9.17) is 0 Å². The number of aryl methyl sites for hydroxylation is 2. The van der Waals surface area contributed by atoms with E-state index in [1.807, 2.05) is 13.0 Å². The number of rotatable bonds is 4. The summed E-state index contributed by atoms with van der Waals surface area (Å²) in [5.74, 6) is 0.0243. The van der Waals surface area contributed by atoms with Crippen molar-refractivity contribution in [1.29, 1.82) is 0 Å². The fraction of sp³-hybridized carbons (Fsp3) is 0.118. The number of anilines is 1. The smallest absolute Gasteiger partial charge is 0.255 e. The van der Waals surface area contributed by atoms with Crippen molar-refractivity contribution in [3.05, 3.63) is 66.0 Å². The summed E-state index contributed by atoms with van der Waals surface area (Å²) >= 11 is 0. The normalized spacial score (nSPS) is 11.2. The third-order valence-electron chi connectivity index (χ3n) is 3.34. The van der Waals surface area contributed by atoms with Crippen molar-refractivity contribution in [2.45, 2.75) is 18.7 Å². The number of benzene rings is 1. The van der Waals surface area contributed by atoms with Crippen molar-refractivity contribution in [1.82, 2.24) is 15.0 Å². The van der Waals surface area contributed by atoms with Crippen molar-refractivity contribution < 1.29 is 8.42 Å². The van der Waals surface area contributed by atoms with E-state index in [1.54, 1.807) is 55.6 Å². The summed E-state index contributed by atoms with van der Waals surface area (Å²) in [7, 11) is -3.74. The van der Waals surface area contributed by atoms with Gasteiger partial charge in [-0.3, -0.25) is 4.98 Å². The third kappa shape index (κ3) is 3.57. The molecule has 0 atom stereocenters. The molecule has 0 radical (unpaired) electrons. The first kappa shape index (κ1) is 16.1. The van der Waals surface area contributed by atoms with Gasteiger partial charge < -0.3 is 0 Å². The Hall–Kier alpha value is -2.80. The first-order chi connectivity index (χ1) is 11.4. The minimum absolute atomic E-state index is 0.0243. The molecule has 0 spiro atoms. The Kier molecular flexibility index (Phi) is 4.26. The molecule has 1 N–H and O–H groups in total. The largest absolute Gasteiger partial charge is 0.264 e. The number of aromatic nitrogens is 3. The minimum Gasteiger partial charge on any atom is -0.255 e. The summed E-state index contributed by atoms with van der Waals surface area (Å²) in [6.07, 6.45) is 1.66. The average Bonchev–Trinajstić information content (AvgIpc) is 2.55. The molecule has 0 aliphatic carbocycles. The highest BCUT2D eigenvalue weighted by Crippen LogP contribution is 2.19. The predicted octanol–water partition coefficient (Wildman–Crippen LogP) is 2.96. The molecule has 7 heteroatoms. The average molecular weight is 340 g/mol. The molecule has 0 amide bonds. The first-order valence-corrected chi connectivity index (χ1v) is 8.79. The van der Waals surface area contributed by atoms with Crippen LogP contribution >= 0.6 is 0 Å². The summed E-state index contributed by atoms with van der Waals surface area (Å²) in [5.41, 5.74) is 2.84. The van der Waals surface area contributed by atoms with Gasteiger partial charge in [-0.05, 0) is 44.2 Å². The Morgan fingerprint density at radius 1 is 0.917 bits per heavy atom. The Labute approximate surface area is 140 Å². The maximum atomic E-state index is 12.5. The number of nitrogens with zero attached hydrogens (tertiary/aromatic N) is 3. The number of nitrogens with one attached hydrogen (secondary N) is 1. The van der Waals surface area contributed by atoms with Gasteiger partial charge in [-0.25, -0.2) is 23.1 Å². The van der Waals surface area contributed by atoms with Crippen LogP contribution in [0.2, 0.25) is 0 Å². The van der Waals surface area contributed by atoms with E-state index < -0.39 is 10.0 Å². The topological polar surface area (TPSA) is 84.8 Å². The fourth-order valence-corrected chi connectivity index (χ4v) is 3.10. The molecule has 0 unspecified atom stereocenters. The van der Waals surface area contributed by atoms with Gasteiger partial charge in [0, 0.05) is 11.9 Å². The van der Waals surface area contributed by atoms with Crippen molar-refractivity contribution >= 4 is 16.0 Å². The molecule has 0 aliphatic rings. The second-order valence-corrected chi connectivity index (χ2v) is 7.03. The van der Waals surface area contributed by atoms with Crippen LogP contribution in [0.1, 0.15) is 11.3 Å². The standard InChI is InChI=1S/C17H16N4O2S/c1-12-6-8-14(9-7-12)24(22,23)21-17-19-13(2)11-16(20-17)15-5-3-4-10-18-15/h3-11H,1-2H3,(H,19,20,21). The lowest BCUT2D eigenvalue weighted by Gasteiger charge is -2.09. The van der Waals surface area contributed by atoms with Crippen LogP contribution in [-0.4, -0.2) is 23.4 Å². The zero-order valence-electron chi connectivity index (χ0n) is 13.3. The number of hydrogen-bond acceptors (Lipinski definition) is 5. The van der Waals surface area contributed by atoms with E-state index in [0.717, 1.165) is 5.56 Å². The highest BCUT2D eigenvalue weighted by Gasteiger charge is 2.16. The SMILES string of the molecule is Cc1ccc(S(=O)(=O)Nc2nc(C)cc(-c3ccccn3)n2)cc1. The molecule has 24 heavy (non-hydrogen) atoms. The van der Waals surface area contributed by atoms with Gasteiger partial charge in [0.1, 0.15) is 0 Å². The van der Waals surface area contributed by atoms with Gasteiger partial charge >= 0.3 is 0 Å². The van der Waals surface area contributed by atoms with Crippen LogP contribution in [0.4, 0.5) is 5.95 Å². The summed E-state index contributed by atoms with van der Waals surface area (Å²) in [4.78, 5) is 12.8. The Balaban J connectivity index is 1.95. The molecule has 0 saturated carbocycles. The van der Waals surface area contributed by atoms with Crippen LogP contribution in [-0.2, 0) is 10.0 Å². The van der Waals surface area contributed by atoms with Crippen molar-refractivity contribution in [2.24, 2.45) is 0 Å². The second kappa shape index (κ2) is 6.37. The zero-order chi connectivity index (χ0) is 17.2. The van der Waals surface area contributed by atoms with Gasteiger partial charge in [0.15, 0.2) is 0 Å². The van der Waals surface area contributed by atoms with E-state index >= 15 is 0 Å². The third-order valence-corrected chi connectivity index (χ3v) is 4.68. The number of sulfonamides is 1. The van der Waals surface area contributed by atoms with Gasteiger partial charge in [-0.15, -0.1) is 0 Å². The van der Waals surface area contributed by atoms with Crippen LogP contribution in [0.3, 0.4) is 0 Å². The molecule has 0 fully saturated rings.